The number of para-hydroxylation sites is 2. The smallest absolute Gasteiger partial charge is 0.310 e. The Kier molecular flexibility index (Phi) is 6.96. The van der Waals surface area contributed by atoms with Crippen molar-refractivity contribution in [2.45, 2.75) is 6.42 Å². The van der Waals surface area contributed by atoms with Crippen LogP contribution in [0.3, 0.4) is 0 Å². The van der Waals surface area contributed by atoms with Crippen LogP contribution in [0.1, 0.15) is 27.3 Å². The largest absolute Gasteiger partial charge is 0.496 e. The van der Waals surface area contributed by atoms with Crippen LogP contribution in [-0.2, 0) is 14.3 Å². The molecule has 0 atom stereocenters. The van der Waals surface area contributed by atoms with Gasteiger partial charge in [-0.15, -0.1) is 11.3 Å². The Bertz CT molecular complexity index is 1510. The van der Waals surface area contributed by atoms with Crippen LogP contribution in [0.15, 0.2) is 66.7 Å². The summed E-state index contributed by atoms with van der Waals surface area (Å²) in [5, 5.41) is 3.34. The molecule has 1 N–H and O–H groups in total. The molecule has 1 amide bonds. The highest BCUT2D eigenvalue weighted by Gasteiger charge is 2.20. The van der Waals surface area contributed by atoms with E-state index in [2.05, 4.69) is 5.32 Å². The summed E-state index contributed by atoms with van der Waals surface area (Å²) < 4.78 is 17.1. The molecule has 0 aliphatic carbocycles. The predicted octanol–water partition coefficient (Wildman–Crippen LogP) is 4.99. The number of hydrogen-bond acceptors (Lipinski definition) is 8. The average Bonchev–Trinajstić information content (AvgIpc) is 3.35. The van der Waals surface area contributed by atoms with Crippen LogP contribution >= 0.6 is 11.3 Å². The number of fused-ring (bicyclic) bond motifs is 2. The molecule has 0 saturated heterocycles. The van der Waals surface area contributed by atoms with E-state index >= 15 is 0 Å². The van der Waals surface area contributed by atoms with Crippen molar-refractivity contribution in [3.05, 3.63) is 82.9 Å². The molecule has 1 aromatic heterocycles. The van der Waals surface area contributed by atoms with E-state index in [-0.39, 0.29) is 18.9 Å². The fourth-order valence-electron chi connectivity index (χ4n) is 3.86. The number of anilines is 1. The van der Waals surface area contributed by atoms with E-state index in [1.165, 1.54) is 17.4 Å². The zero-order valence-corrected chi connectivity index (χ0v) is 20.7. The van der Waals surface area contributed by atoms with Crippen LogP contribution in [0, 0.1) is 0 Å². The quantitative estimate of drug-likeness (QED) is 0.261. The second kappa shape index (κ2) is 10.6. The van der Waals surface area contributed by atoms with E-state index in [0.717, 1.165) is 15.8 Å². The molecule has 5 rings (SSSR count). The lowest BCUT2D eigenvalue weighted by molar-refractivity contribution is -0.141. The summed E-state index contributed by atoms with van der Waals surface area (Å²) in [6, 6.07) is 19.9. The summed E-state index contributed by atoms with van der Waals surface area (Å²) in [5.74, 6) is -0.120. The molecule has 9 heteroatoms. The van der Waals surface area contributed by atoms with Crippen LogP contribution in [0.4, 0.5) is 5.69 Å². The van der Waals surface area contributed by atoms with Gasteiger partial charge < -0.3 is 19.5 Å². The number of nitrogens with one attached hydrogen (secondary N) is 1. The Morgan fingerprint density at radius 2 is 1.92 bits per heavy atom. The number of carbonyl (C=O) groups is 3. The van der Waals surface area contributed by atoms with Gasteiger partial charge in [0.05, 0.1) is 29.4 Å². The number of ketones is 1. The second-order valence-corrected chi connectivity index (χ2v) is 9.24. The summed E-state index contributed by atoms with van der Waals surface area (Å²) in [6.45, 7) is -0.508. The van der Waals surface area contributed by atoms with Gasteiger partial charge in [0.15, 0.2) is 19.0 Å². The minimum atomic E-state index is -0.566. The van der Waals surface area contributed by atoms with Crippen molar-refractivity contribution in [1.82, 2.24) is 4.98 Å². The number of methoxy groups -OCH3 is 1. The number of benzene rings is 3. The first-order valence-electron chi connectivity index (χ1n) is 11.5. The third-order valence-corrected chi connectivity index (χ3v) is 6.78. The Morgan fingerprint density at radius 1 is 1.11 bits per heavy atom. The first-order chi connectivity index (χ1) is 18.0. The van der Waals surface area contributed by atoms with Crippen LogP contribution in [0.25, 0.3) is 21.9 Å². The summed E-state index contributed by atoms with van der Waals surface area (Å²) >= 11 is 1.47. The number of hydrogen-bond donors (Lipinski definition) is 1. The van der Waals surface area contributed by atoms with Crippen molar-refractivity contribution in [1.29, 1.82) is 0 Å². The number of amides is 1. The number of Topliss-reactive ketones (excluding diaryl/α,β-unsaturated/α-hetero) is 1. The van der Waals surface area contributed by atoms with Gasteiger partial charge in [0.1, 0.15) is 16.5 Å². The summed E-state index contributed by atoms with van der Waals surface area (Å²) in [5.41, 5.74) is 2.98. The van der Waals surface area contributed by atoms with Crippen molar-refractivity contribution in [2.24, 2.45) is 0 Å². The molecule has 8 nitrogen and oxygen atoms in total. The molecular weight excluding hydrogens is 492 g/mol. The molecule has 0 bridgehead atoms. The molecule has 0 radical (unpaired) electrons. The monoisotopic (exact) mass is 514 g/mol. The van der Waals surface area contributed by atoms with E-state index in [1.54, 1.807) is 19.2 Å². The van der Waals surface area contributed by atoms with Crippen LogP contribution in [0.2, 0.25) is 0 Å². The minimum Gasteiger partial charge on any atom is -0.496 e. The van der Waals surface area contributed by atoms with Crippen molar-refractivity contribution >= 4 is 56.5 Å². The molecule has 186 valence electrons. The summed E-state index contributed by atoms with van der Waals surface area (Å²) in [6.07, 6.45) is 1.77. The fraction of sp³-hybridized carbons (Fsp3) is 0.143. The summed E-state index contributed by atoms with van der Waals surface area (Å²) in [4.78, 5) is 41.8. The number of esters is 1. The number of rotatable bonds is 8. The lowest BCUT2D eigenvalue weighted by Gasteiger charge is -2.18. The number of nitrogens with zero attached hydrogens (tertiary/aromatic N) is 1. The molecule has 0 saturated carbocycles. The average molecular weight is 515 g/mol. The first-order valence-corrected chi connectivity index (χ1v) is 12.3. The van der Waals surface area contributed by atoms with Gasteiger partial charge in [-0.25, -0.2) is 4.98 Å². The Labute approximate surface area is 216 Å². The molecule has 0 fully saturated rings. The predicted molar refractivity (Wildman–Crippen MR) is 141 cm³/mol. The normalized spacial score (nSPS) is 12.9. The fourth-order valence-corrected chi connectivity index (χ4v) is 4.84. The van der Waals surface area contributed by atoms with Gasteiger partial charge in [-0.05, 0) is 48.0 Å². The number of ether oxygens (including phenoxy) is 3. The van der Waals surface area contributed by atoms with Crippen molar-refractivity contribution in [3.8, 4) is 11.5 Å². The molecule has 3 aromatic carbocycles. The molecular formula is C28H22N2O6S. The molecule has 1 aliphatic heterocycles. The standard InChI is InChI=1S/C28H22N2O6S/c1-34-23-8-4-2-6-18(23)12-19(28-30-20-7-3-5-9-25(20)37-28)14-27(33)36-15-22(31)17-10-11-24-21(13-17)29-26(32)16-35-24/h2-13H,14-16H2,1H3,(H,29,32)/b19-12-. The lowest BCUT2D eigenvalue weighted by Crippen LogP contribution is -2.25. The van der Waals surface area contributed by atoms with E-state index < -0.39 is 18.4 Å². The van der Waals surface area contributed by atoms with Gasteiger partial charge in [-0.1, -0.05) is 30.3 Å². The van der Waals surface area contributed by atoms with Gasteiger partial charge >= 0.3 is 5.97 Å². The van der Waals surface area contributed by atoms with Gasteiger partial charge in [0.25, 0.3) is 5.91 Å². The maximum Gasteiger partial charge on any atom is 0.310 e. The maximum atomic E-state index is 12.9. The van der Waals surface area contributed by atoms with E-state index in [1.807, 2.05) is 54.6 Å². The number of thiazole rings is 1. The second-order valence-electron chi connectivity index (χ2n) is 8.21. The molecule has 0 unspecified atom stereocenters. The first kappa shape index (κ1) is 24.2. The molecule has 0 spiro atoms. The number of aromatic nitrogens is 1. The SMILES string of the molecule is COc1ccccc1/C=C(/CC(=O)OCC(=O)c1ccc2c(c1)NC(=O)CO2)c1nc2ccccc2s1. The van der Waals surface area contributed by atoms with Crippen molar-refractivity contribution < 1.29 is 28.6 Å². The maximum absolute atomic E-state index is 12.9. The zero-order chi connectivity index (χ0) is 25.8. The summed E-state index contributed by atoms with van der Waals surface area (Å²) in [7, 11) is 1.59. The van der Waals surface area contributed by atoms with Gasteiger partial charge in [0, 0.05) is 11.1 Å². The molecule has 1 aliphatic rings. The Hall–Kier alpha value is -4.50. The zero-order valence-electron chi connectivity index (χ0n) is 19.9. The minimum absolute atomic E-state index is 0.0722. The van der Waals surface area contributed by atoms with Crippen molar-refractivity contribution in [2.75, 3.05) is 25.6 Å². The van der Waals surface area contributed by atoms with Gasteiger partial charge in [0.2, 0.25) is 0 Å². The van der Waals surface area contributed by atoms with E-state index in [0.29, 0.717) is 33.3 Å². The van der Waals surface area contributed by atoms with Crippen LogP contribution in [-0.4, -0.2) is 43.0 Å². The Morgan fingerprint density at radius 3 is 2.76 bits per heavy atom. The molecule has 4 aromatic rings. The van der Waals surface area contributed by atoms with Gasteiger partial charge in [-0.2, -0.15) is 0 Å². The van der Waals surface area contributed by atoms with Gasteiger partial charge in [-0.3, -0.25) is 14.4 Å². The third kappa shape index (κ3) is 5.52. The van der Waals surface area contributed by atoms with Crippen molar-refractivity contribution in [3.63, 3.8) is 0 Å². The molecule has 2 heterocycles. The highest BCUT2D eigenvalue weighted by atomic mass is 32.1. The highest BCUT2D eigenvalue weighted by Crippen LogP contribution is 2.32. The third-order valence-electron chi connectivity index (χ3n) is 5.67. The van der Waals surface area contributed by atoms with E-state index in [9.17, 15) is 14.4 Å². The Balaban J connectivity index is 1.34. The van der Waals surface area contributed by atoms with E-state index in [4.69, 9.17) is 19.2 Å². The lowest BCUT2D eigenvalue weighted by atomic mass is 10.1. The van der Waals surface area contributed by atoms with Crippen LogP contribution < -0.4 is 14.8 Å². The topological polar surface area (TPSA) is 104 Å². The highest BCUT2D eigenvalue weighted by molar-refractivity contribution is 7.19. The van der Waals surface area contributed by atoms with Crippen LogP contribution in [0.5, 0.6) is 11.5 Å². The molecule has 37 heavy (non-hydrogen) atoms. The number of carbonyl (C=O) groups excluding carboxylic acids is 3.